The van der Waals surface area contributed by atoms with Crippen molar-refractivity contribution < 1.29 is 10.2 Å². The second-order valence-corrected chi connectivity index (χ2v) is 17.5. The van der Waals surface area contributed by atoms with Crippen LogP contribution >= 0.6 is 70.6 Å². The van der Waals surface area contributed by atoms with Gasteiger partial charge in [0.2, 0.25) is 0 Å². The van der Waals surface area contributed by atoms with Crippen LogP contribution in [0.4, 0.5) is 0 Å². The van der Waals surface area contributed by atoms with E-state index in [1.807, 2.05) is 0 Å². The van der Waals surface area contributed by atoms with Gasteiger partial charge >= 0.3 is 0 Å². The molecule has 0 aromatic carbocycles. The Kier molecular flexibility index (Phi) is 13.1. The molecule has 2 unspecified atom stereocenters. The number of hydrogen-bond donors (Lipinski definition) is 2. The molecule has 188 valence electrons. The lowest BCUT2D eigenvalue weighted by atomic mass is 9.77. The minimum absolute atomic E-state index is 0.340. The van der Waals surface area contributed by atoms with Crippen molar-refractivity contribution in [1.29, 1.82) is 0 Å². The van der Waals surface area contributed by atoms with Gasteiger partial charge in [0, 0.05) is 46.7 Å². The molecule has 8 heteroatoms. The van der Waals surface area contributed by atoms with Crippen LogP contribution in [-0.4, -0.2) is 77.6 Å². The Labute approximate surface area is 222 Å². The fourth-order valence-electron chi connectivity index (χ4n) is 6.02. The van der Waals surface area contributed by atoms with E-state index in [0.29, 0.717) is 21.4 Å². The van der Waals surface area contributed by atoms with E-state index >= 15 is 0 Å². The van der Waals surface area contributed by atoms with Crippen LogP contribution in [0.5, 0.6) is 0 Å². The van der Waals surface area contributed by atoms with Crippen LogP contribution in [-0.2, 0) is 0 Å². The third kappa shape index (κ3) is 7.07. The number of unbranched alkanes of at least 4 members (excludes halogenated alkanes) is 2. The van der Waals surface area contributed by atoms with Crippen LogP contribution in [0.25, 0.3) is 0 Å². The maximum Gasteiger partial charge on any atom is 0.0732 e. The maximum absolute atomic E-state index is 9.32. The molecule has 1 aliphatic carbocycles. The second-order valence-electron chi connectivity index (χ2n) is 9.37. The lowest BCUT2D eigenvalue weighted by molar-refractivity contribution is 0.247. The third-order valence-electron chi connectivity index (χ3n) is 7.47. The molecule has 2 nitrogen and oxygen atoms in total. The highest BCUT2D eigenvalue weighted by molar-refractivity contribution is 8.22. The molecular weight excluding hydrogens is 513 g/mol. The van der Waals surface area contributed by atoms with Crippen LogP contribution in [0.3, 0.4) is 0 Å². The number of aliphatic hydroxyl groups excluding tert-OH is 2. The van der Waals surface area contributed by atoms with Gasteiger partial charge in [0.1, 0.15) is 0 Å². The van der Waals surface area contributed by atoms with E-state index < -0.39 is 0 Å². The lowest BCUT2D eigenvalue weighted by Crippen LogP contribution is -2.43. The SMILES string of the molecule is CSC(C1CCC(C(SC)C2(CCCCO)SCCS2)CC1)C1(CCCCO)SCCS1. The molecule has 0 radical (unpaired) electrons. The van der Waals surface area contributed by atoms with Crippen molar-refractivity contribution in [2.45, 2.75) is 82.9 Å². The molecule has 0 spiro atoms. The molecule has 3 rings (SSSR count). The average Bonchev–Trinajstić information content (AvgIpc) is 3.48. The molecule has 2 aliphatic heterocycles. The highest BCUT2D eigenvalue weighted by Gasteiger charge is 2.49. The smallest absolute Gasteiger partial charge is 0.0732 e. The lowest BCUT2D eigenvalue weighted by Gasteiger charge is -2.46. The quantitative estimate of drug-likeness (QED) is 0.223. The summed E-state index contributed by atoms with van der Waals surface area (Å²) in [5.74, 6) is 6.91. The van der Waals surface area contributed by atoms with Gasteiger partial charge in [-0.3, -0.25) is 0 Å². The molecule has 0 aromatic heterocycles. The molecule has 2 N–H and O–H groups in total. The molecule has 2 atom stereocenters. The van der Waals surface area contributed by atoms with Gasteiger partial charge in [-0.15, -0.1) is 47.0 Å². The van der Waals surface area contributed by atoms with Crippen molar-refractivity contribution in [3.63, 3.8) is 0 Å². The highest BCUT2D eigenvalue weighted by Crippen LogP contribution is 2.59. The summed E-state index contributed by atoms with van der Waals surface area (Å²) in [7, 11) is 0. The number of rotatable bonds is 14. The van der Waals surface area contributed by atoms with E-state index in [1.54, 1.807) is 0 Å². The predicted molar refractivity (Wildman–Crippen MR) is 157 cm³/mol. The molecule has 2 heterocycles. The van der Waals surface area contributed by atoms with Crippen molar-refractivity contribution in [2.24, 2.45) is 11.8 Å². The van der Waals surface area contributed by atoms with E-state index in [0.717, 1.165) is 35.2 Å². The maximum atomic E-state index is 9.32. The zero-order valence-electron chi connectivity index (χ0n) is 20.0. The summed E-state index contributed by atoms with van der Waals surface area (Å²) in [5.41, 5.74) is 0. The van der Waals surface area contributed by atoms with Crippen LogP contribution < -0.4 is 0 Å². The van der Waals surface area contributed by atoms with Crippen molar-refractivity contribution in [3.8, 4) is 0 Å². The Morgan fingerprint density at radius 1 is 0.656 bits per heavy atom. The van der Waals surface area contributed by atoms with Crippen LogP contribution in [0.1, 0.15) is 64.2 Å². The topological polar surface area (TPSA) is 40.5 Å². The molecule has 32 heavy (non-hydrogen) atoms. The molecule has 0 amide bonds. The molecule has 1 saturated carbocycles. The summed E-state index contributed by atoms with van der Waals surface area (Å²) in [6.07, 6.45) is 17.1. The Hall–Kier alpha value is 2.02. The third-order valence-corrected chi connectivity index (χ3v) is 18.0. The Morgan fingerprint density at radius 2 is 1.00 bits per heavy atom. The van der Waals surface area contributed by atoms with Crippen molar-refractivity contribution in [1.82, 2.24) is 0 Å². The van der Waals surface area contributed by atoms with Crippen LogP contribution in [0.2, 0.25) is 0 Å². The minimum atomic E-state index is 0.340. The van der Waals surface area contributed by atoms with E-state index in [2.05, 4.69) is 83.1 Å². The Morgan fingerprint density at radius 3 is 1.28 bits per heavy atom. The summed E-state index contributed by atoms with van der Waals surface area (Å²) < 4.78 is 0.765. The number of hydrogen-bond acceptors (Lipinski definition) is 8. The molecule has 2 saturated heterocycles. The van der Waals surface area contributed by atoms with Gasteiger partial charge in [-0.1, -0.05) is 0 Å². The van der Waals surface area contributed by atoms with Crippen molar-refractivity contribution in [2.75, 3.05) is 48.7 Å². The molecule has 0 aromatic rings. The molecular formula is C24H44O2S6. The molecule has 0 bridgehead atoms. The van der Waals surface area contributed by atoms with Gasteiger partial charge in [-0.05, 0) is 88.6 Å². The first-order valence-corrected chi connectivity index (χ1v) is 19.0. The predicted octanol–water partition coefficient (Wildman–Crippen LogP) is 6.93. The van der Waals surface area contributed by atoms with Gasteiger partial charge < -0.3 is 10.2 Å². The number of aliphatic hydroxyl groups is 2. The van der Waals surface area contributed by atoms with Gasteiger partial charge in [-0.2, -0.15) is 23.5 Å². The summed E-state index contributed by atoms with van der Waals surface area (Å²) in [5, 5.41) is 20.1. The van der Waals surface area contributed by atoms with Gasteiger partial charge in [0.25, 0.3) is 0 Å². The summed E-state index contributed by atoms with van der Waals surface area (Å²) >= 11 is 13.2. The minimum Gasteiger partial charge on any atom is -0.396 e. The summed E-state index contributed by atoms with van der Waals surface area (Å²) in [6, 6.07) is 0. The van der Waals surface area contributed by atoms with Crippen LogP contribution in [0, 0.1) is 11.8 Å². The first-order valence-electron chi connectivity index (χ1n) is 12.5. The van der Waals surface area contributed by atoms with E-state index in [1.165, 1.54) is 74.4 Å². The van der Waals surface area contributed by atoms with Crippen molar-refractivity contribution >= 4 is 70.6 Å². The van der Waals surface area contributed by atoms with Crippen LogP contribution in [0.15, 0.2) is 0 Å². The first kappa shape index (κ1) is 28.6. The molecule has 3 aliphatic rings. The average molecular weight is 557 g/mol. The first-order chi connectivity index (χ1) is 15.6. The van der Waals surface area contributed by atoms with E-state index in [4.69, 9.17) is 0 Å². The van der Waals surface area contributed by atoms with Crippen molar-refractivity contribution in [3.05, 3.63) is 0 Å². The summed E-state index contributed by atoms with van der Waals surface area (Å²) in [4.78, 5) is 0. The second kappa shape index (κ2) is 14.7. The zero-order valence-corrected chi connectivity index (χ0v) is 24.9. The van der Waals surface area contributed by atoms with Gasteiger partial charge in [-0.25, -0.2) is 0 Å². The highest BCUT2D eigenvalue weighted by atomic mass is 32.2. The Balaban J connectivity index is 1.62. The molecule has 3 fully saturated rings. The van der Waals surface area contributed by atoms with E-state index in [9.17, 15) is 10.2 Å². The largest absolute Gasteiger partial charge is 0.396 e. The monoisotopic (exact) mass is 556 g/mol. The van der Waals surface area contributed by atoms with Gasteiger partial charge in [0.15, 0.2) is 0 Å². The number of thioether (sulfide) groups is 6. The summed E-state index contributed by atoms with van der Waals surface area (Å²) in [6.45, 7) is 0.680. The standard InChI is InChI=1S/C24H44O2S6/c1-27-21(23(11-3-5-13-25)29-15-16-30-23)19-7-9-20(10-8-19)22(28-2)24(12-4-6-14-26)31-17-18-32-24/h19-22,25-26H,3-18H2,1-2H3. The fraction of sp³-hybridized carbons (Fsp3) is 1.00. The zero-order chi connectivity index (χ0) is 22.9. The Bertz CT molecular complexity index is 471. The normalized spacial score (nSPS) is 29.2. The van der Waals surface area contributed by atoms with E-state index in [-0.39, 0.29) is 0 Å². The van der Waals surface area contributed by atoms with Gasteiger partial charge in [0.05, 0.1) is 8.16 Å². The fourth-order valence-corrected chi connectivity index (χ4v) is 17.2.